The summed E-state index contributed by atoms with van der Waals surface area (Å²) in [5.41, 5.74) is 0.720. The Bertz CT molecular complexity index is 497. The largest absolute Gasteiger partial charge is 0.351 e. The van der Waals surface area contributed by atoms with Gasteiger partial charge in [-0.2, -0.15) is 0 Å². The van der Waals surface area contributed by atoms with E-state index in [1.54, 1.807) is 6.92 Å². The fourth-order valence-corrected chi connectivity index (χ4v) is 2.70. The highest BCUT2D eigenvalue weighted by Gasteiger charge is 2.14. The van der Waals surface area contributed by atoms with Crippen molar-refractivity contribution in [2.24, 2.45) is 0 Å². The van der Waals surface area contributed by atoms with Gasteiger partial charge in [0.15, 0.2) is 9.84 Å². The first-order valence-corrected chi connectivity index (χ1v) is 7.46. The second-order valence-corrected chi connectivity index (χ2v) is 6.18. The third kappa shape index (κ3) is 5.27. The molecule has 0 atom stereocenters. The van der Waals surface area contributed by atoms with Crippen LogP contribution in [-0.4, -0.2) is 25.8 Å². The van der Waals surface area contributed by atoms with Crippen molar-refractivity contribution in [1.82, 2.24) is 5.32 Å². The Morgan fingerprint density at radius 2 is 1.89 bits per heavy atom. The number of carbonyl (C=O) groups excluding carboxylic acids is 1. The van der Waals surface area contributed by atoms with Gasteiger partial charge in [0.05, 0.1) is 5.75 Å². The van der Waals surface area contributed by atoms with E-state index in [9.17, 15) is 17.6 Å². The zero-order chi connectivity index (χ0) is 13.6. The zero-order valence-corrected chi connectivity index (χ0v) is 11.0. The van der Waals surface area contributed by atoms with Crippen molar-refractivity contribution in [2.45, 2.75) is 19.9 Å². The van der Waals surface area contributed by atoms with E-state index in [2.05, 4.69) is 5.32 Å². The van der Waals surface area contributed by atoms with Gasteiger partial charge in [-0.25, -0.2) is 12.8 Å². The molecule has 1 rings (SSSR count). The average Bonchev–Trinajstić information content (AvgIpc) is 2.27. The highest BCUT2D eigenvalue weighted by molar-refractivity contribution is 7.92. The van der Waals surface area contributed by atoms with Gasteiger partial charge in [0, 0.05) is 6.54 Å². The van der Waals surface area contributed by atoms with Gasteiger partial charge in [-0.05, 0) is 24.1 Å². The predicted molar refractivity (Wildman–Crippen MR) is 67.2 cm³/mol. The Kier molecular flexibility index (Phi) is 5.27. The maximum absolute atomic E-state index is 12.6. The molecule has 0 spiro atoms. The molecule has 0 saturated carbocycles. The first-order chi connectivity index (χ1) is 8.43. The van der Waals surface area contributed by atoms with Crippen LogP contribution in [0.1, 0.15) is 18.9 Å². The molecule has 0 aliphatic heterocycles. The van der Waals surface area contributed by atoms with Gasteiger partial charge in [-0.15, -0.1) is 0 Å². The number of amides is 1. The molecule has 4 nitrogen and oxygen atoms in total. The van der Waals surface area contributed by atoms with E-state index in [-0.39, 0.29) is 18.1 Å². The minimum absolute atomic E-state index is 0.0109. The number of hydrogen-bond donors (Lipinski definition) is 1. The normalized spacial score (nSPS) is 11.2. The molecule has 0 unspecified atom stereocenters. The highest BCUT2D eigenvalue weighted by Crippen LogP contribution is 2.02. The number of rotatable bonds is 6. The topological polar surface area (TPSA) is 63.2 Å². The van der Waals surface area contributed by atoms with E-state index in [1.165, 1.54) is 24.3 Å². The number of hydrogen-bond acceptors (Lipinski definition) is 3. The van der Waals surface area contributed by atoms with Crippen LogP contribution in [-0.2, 0) is 21.2 Å². The summed E-state index contributed by atoms with van der Waals surface area (Å²) in [4.78, 5) is 11.4. The van der Waals surface area contributed by atoms with Gasteiger partial charge in [0.1, 0.15) is 11.6 Å². The number of halogens is 1. The lowest BCUT2D eigenvalue weighted by molar-refractivity contribution is -0.118. The molecule has 1 N–H and O–H groups in total. The minimum Gasteiger partial charge on any atom is -0.351 e. The van der Waals surface area contributed by atoms with Crippen molar-refractivity contribution in [2.75, 3.05) is 11.5 Å². The number of nitrogens with one attached hydrogen (secondary N) is 1. The molecular weight excluding hydrogens is 257 g/mol. The van der Waals surface area contributed by atoms with Gasteiger partial charge < -0.3 is 5.32 Å². The number of carbonyl (C=O) groups is 1. The van der Waals surface area contributed by atoms with E-state index in [0.717, 1.165) is 5.56 Å². The van der Waals surface area contributed by atoms with Gasteiger partial charge in [-0.1, -0.05) is 19.1 Å². The van der Waals surface area contributed by atoms with Gasteiger partial charge in [-0.3, -0.25) is 4.79 Å². The molecule has 0 saturated heterocycles. The van der Waals surface area contributed by atoms with Crippen molar-refractivity contribution < 1.29 is 17.6 Å². The zero-order valence-electron chi connectivity index (χ0n) is 10.1. The van der Waals surface area contributed by atoms with E-state index >= 15 is 0 Å². The summed E-state index contributed by atoms with van der Waals surface area (Å²) in [5, 5.41) is 2.49. The van der Waals surface area contributed by atoms with Crippen LogP contribution in [0, 0.1) is 5.82 Å². The summed E-state index contributed by atoms with van der Waals surface area (Å²) in [5.74, 6) is -1.37. The molecule has 0 heterocycles. The molecule has 1 amide bonds. The van der Waals surface area contributed by atoms with Crippen LogP contribution in [0.15, 0.2) is 24.3 Å². The second kappa shape index (κ2) is 6.49. The standard InChI is InChI=1S/C12H16FNO3S/c1-2-7-18(16,17)9-12(15)14-8-10-3-5-11(13)6-4-10/h3-6H,2,7-9H2,1H3,(H,14,15). The molecule has 6 heteroatoms. The summed E-state index contributed by atoms with van der Waals surface area (Å²) in [6.07, 6.45) is 0.494. The Labute approximate surface area is 106 Å². The van der Waals surface area contributed by atoms with Crippen LogP contribution in [0.3, 0.4) is 0 Å². The Hall–Kier alpha value is -1.43. The fraction of sp³-hybridized carbons (Fsp3) is 0.417. The Morgan fingerprint density at radius 1 is 1.28 bits per heavy atom. The van der Waals surface area contributed by atoms with Crippen molar-refractivity contribution in [3.8, 4) is 0 Å². The first-order valence-electron chi connectivity index (χ1n) is 5.64. The summed E-state index contributed by atoms with van der Waals surface area (Å²) in [7, 11) is -3.31. The van der Waals surface area contributed by atoms with E-state index in [4.69, 9.17) is 0 Å². The summed E-state index contributed by atoms with van der Waals surface area (Å²) in [6.45, 7) is 1.94. The van der Waals surface area contributed by atoms with Crippen LogP contribution in [0.5, 0.6) is 0 Å². The molecule has 100 valence electrons. The van der Waals surface area contributed by atoms with E-state index in [0.29, 0.717) is 6.42 Å². The van der Waals surface area contributed by atoms with Crippen molar-refractivity contribution in [1.29, 1.82) is 0 Å². The molecule has 0 bridgehead atoms. The van der Waals surface area contributed by atoms with E-state index in [1.807, 2.05) is 0 Å². The van der Waals surface area contributed by atoms with Gasteiger partial charge >= 0.3 is 0 Å². The van der Waals surface area contributed by atoms with Crippen molar-refractivity contribution in [3.63, 3.8) is 0 Å². The SMILES string of the molecule is CCCS(=O)(=O)CC(=O)NCc1ccc(F)cc1. The summed E-state index contributed by atoms with van der Waals surface area (Å²) < 4.78 is 35.4. The third-order valence-electron chi connectivity index (χ3n) is 2.27. The second-order valence-electron chi connectivity index (χ2n) is 4.00. The van der Waals surface area contributed by atoms with Crippen LogP contribution < -0.4 is 5.32 Å². The number of benzene rings is 1. The monoisotopic (exact) mass is 273 g/mol. The van der Waals surface area contributed by atoms with Crippen molar-refractivity contribution in [3.05, 3.63) is 35.6 Å². The highest BCUT2D eigenvalue weighted by atomic mass is 32.2. The maximum atomic E-state index is 12.6. The molecular formula is C12H16FNO3S. The predicted octanol–water partition coefficient (Wildman–Crippen LogP) is 1.27. The van der Waals surface area contributed by atoms with Gasteiger partial charge in [0.25, 0.3) is 0 Å². The smallest absolute Gasteiger partial charge is 0.235 e. The fourth-order valence-electron chi connectivity index (χ4n) is 1.44. The number of sulfone groups is 1. The van der Waals surface area contributed by atoms with Crippen LogP contribution >= 0.6 is 0 Å². The molecule has 1 aromatic rings. The Balaban J connectivity index is 2.44. The summed E-state index contributed by atoms with van der Waals surface area (Å²) in [6, 6.07) is 5.65. The molecule has 0 aliphatic carbocycles. The van der Waals surface area contributed by atoms with Crippen LogP contribution in [0.25, 0.3) is 0 Å². The molecule has 0 aliphatic rings. The van der Waals surface area contributed by atoms with E-state index < -0.39 is 21.5 Å². The quantitative estimate of drug-likeness (QED) is 0.849. The molecule has 1 aromatic carbocycles. The molecule has 18 heavy (non-hydrogen) atoms. The minimum atomic E-state index is -3.31. The third-order valence-corrected chi connectivity index (χ3v) is 4.00. The summed E-state index contributed by atoms with van der Waals surface area (Å²) >= 11 is 0. The molecule has 0 fully saturated rings. The lowest BCUT2D eigenvalue weighted by Crippen LogP contribution is -2.30. The maximum Gasteiger partial charge on any atom is 0.235 e. The molecule has 0 aromatic heterocycles. The van der Waals surface area contributed by atoms with Crippen molar-refractivity contribution >= 4 is 15.7 Å². The van der Waals surface area contributed by atoms with Crippen LogP contribution in [0.4, 0.5) is 4.39 Å². The average molecular weight is 273 g/mol. The Morgan fingerprint density at radius 3 is 2.44 bits per heavy atom. The molecule has 0 radical (unpaired) electrons. The van der Waals surface area contributed by atoms with Crippen LogP contribution in [0.2, 0.25) is 0 Å². The lowest BCUT2D eigenvalue weighted by Gasteiger charge is -2.05. The first kappa shape index (κ1) is 14.6. The van der Waals surface area contributed by atoms with Gasteiger partial charge in [0.2, 0.25) is 5.91 Å². The lowest BCUT2D eigenvalue weighted by atomic mass is 10.2.